The van der Waals surface area contributed by atoms with Crippen molar-refractivity contribution >= 4 is 28.6 Å². The van der Waals surface area contributed by atoms with Gasteiger partial charge in [-0.1, -0.05) is 59.8 Å². The normalized spacial score (nSPS) is 35.3. The Morgan fingerprint density at radius 2 is 1.93 bits per heavy atom. The van der Waals surface area contributed by atoms with E-state index in [2.05, 4.69) is 22.6 Å². The van der Waals surface area contributed by atoms with Gasteiger partial charge in [0, 0.05) is 0 Å². The average molecular weight is 316 g/mol. The zero-order valence-corrected chi connectivity index (χ0v) is 10.9. The highest BCUT2D eigenvalue weighted by molar-refractivity contribution is 14.1. The summed E-state index contributed by atoms with van der Waals surface area (Å²) in [5.41, 5.74) is 0.598. The van der Waals surface area contributed by atoms with Gasteiger partial charge in [0.15, 0.2) is 0 Å². The van der Waals surface area contributed by atoms with Crippen LogP contribution in [0.25, 0.3) is 0 Å². The molecule has 0 spiro atoms. The number of cyclic esters (lactones) is 1. The lowest BCUT2D eigenvalue weighted by Gasteiger charge is -2.27. The first-order valence-electron chi connectivity index (χ1n) is 4.98. The van der Waals surface area contributed by atoms with E-state index < -0.39 is 5.60 Å². The van der Waals surface area contributed by atoms with Crippen LogP contribution < -0.4 is 0 Å². The standard InChI is InChI=1S/C12H13IO2/c1-8-10(13)12(2,15-11(8)14)9-6-4-3-5-7-9/h3-8,10H,1-2H3/t8-,10-,12-/m1/s1. The van der Waals surface area contributed by atoms with Crippen molar-refractivity contribution in [3.05, 3.63) is 35.9 Å². The van der Waals surface area contributed by atoms with Gasteiger partial charge in [0.25, 0.3) is 0 Å². The molecular weight excluding hydrogens is 303 g/mol. The minimum absolute atomic E-state index is 0.0317. The molecule has 1 saturated heterocycles. The Bertz CT molecular complexity index is 376. The first kappa shape index (κ1) is 10.9. The third-order valence-electron chi connectivity index (χ3n) is 3.00. The van der Waals surface area contributed by atoms with Crippen LogP contribution in [0.4, 0.5) is 0 Å². The molecule has 3 atom stereocenters. The fourth-order valence-electron chi connectivity index (χ4n) is 1.94. The fourth-order valence-corrected chi connectivity index (χ4v) is 2.72. The van der Waals surface area contributed by atoms with Crippen LogP contribution in [0.15, 0.2) is 30.3 Å². The average Bonchev–Trinajstić information content (AvgIpc) is 2.45. The highest BCUT2D eigenvalue weighted by Crippen LogP contribution is 2.44. The maximum absolute atomic E-state index is 11.5. The second kappa shape index (κ2) is 3.77. The molecule has 1 aromatic rings. The van der Waals surface area contributed by atoms with Gasteiger partial charge in [-0.2, -0.15) is 0 Å². The van der Waals surface area contributed by atoms with Crippen molar-refractivity contribution in [3.8, 4) is 0 Å². The summed E-state index contributed by atoms with van der Waals surface area (Å²) in [6.45, 7) is 3.91. The Kier molecular flexibility index (Phi) is 2.75. The number of alkyl halides is 1. The molecule has 2 nitrogen and oxygen atoms in total. The summed E-state index contributed by atoms with van der Waals surface area (Å²) < 4.78 is 5.70. The van der Waals surface area contributed by atoms with Crippen molar-refractivity contribution in [1.29, 1.82) is 0 Å². The minimum atomic E-state index is -0.474. The summed E-state index contributed by atoms with van der Waals surface area (Å²) in [6, 6.07) is 9.94. The zero-order valence-electron chi connectivity index (χ0n) is 8.74. The van der Waals surface area contributed by atoms with E-state index in [1.54, 1.807) is 0 Å². The molecule has 0 aliphatic carbocycles. The quantitative estimate of drug-likeness (QED) is 0.452. The second-order valence-corrected chi connectivity index (χ2v) is 5.43. The highest BCUT2D eigenvalue weighted by atomic mass is 127. The Morgan fingerprint density at radius 3 is 2.40 bits per heavy atom. The van der Waals surface area contributed by atoms with Crippen molar-refractivity contribution < 1.29 is 9.53 Å². The van der Waals surface area contributed by atoms with Gasteiger partial charge in [0.05, 0.1) is 9.84 Å². The van der Waals surface area contributed by atoms with Crippen LogP contribution in [0.3, 0.4) is 0 Å². The van der Waals surface area contributed by atoms with E-state index >= 15 is 0 Å². The molecule has 3 heteroatoms. The van der Waals surface area contributed by atoms with Crippen LogP contribution in [0.1, 0.15) is 19.4 Å². The summed E-state index contributed by atoms with van der Waals surface area (Å²) in [4.78, 5) is 11.5. The number of ether oxygens (including phenoxy) is 1. The van der Waals surface area contributed by atoms with Crippen LogP contribution >= 0.6 is 22.6 Å². The number of rotatable bonds is 1. The lowest BCUT2D eigenvalue weighted by Crippen LogP contribution is -2.30. The van der Waals surface area contributed by atoms with Crippen LogP contribution in [-0.4, -0.2) is 9.89 Å². The summed E-state index contributed by atoms with van der Waals surface area (Å²) in [6.07, 6.45) is 0. The fraction of sp³-hybridized carbons (Fsp3) is 0.417. The molecule has 1 heterocycles. The Balaban J connectivity index is 2.40. The molecule has 0 N–H and O–H groups in total. The Hall–Kier alpha value is -0.580. The van der Waals surface area contributed by atoms with Gasteiger partial charge in [-0.25, -0.2) is 0 Å². The first-order valence-corrected chi connectivity index (χ1v) is 6.22. The van der Waals surface area contributed by atoms with E-state index in [-0.39, 0.29) is 15.8 Å². The molecule has 2 rings (SSSR count). The number of esters is 1. The maximum Gasteiger partial charge on any atom is 0.310 e. The number of hydrogen-bond acceptors (Lipinski definition) is 2. The number of benzene rings is 1. The predicted octanol–water partition coefficient (Wildman–Crippen LogP) is 2.90. The van der Waals surface area contributed by atoms with Crippen molar-refractivity contribution in [1.82, 2.24) is 0 Å². The second-order valence-electron chi connectivity index (χ2n) is 4.08. The molecule has 0 unspecified atom stereocenters. The van der Waals surface area contributed by atoms with Gasteiger partial charge in [0.2, 0.25) is 0 Å². The van der Waals surface area contributed by atoms with E-state index in [1.165, 1.54) is 0 Å². The molecule has 0 aromatic heterocycles. The first-order chi connectivity index (χ1) is 7.05. The summed E-state index contributed by atoms with van der Waals surface area (Å²) in [7, 11) is 0. The molecule has 1 aliphatic heterocycles. The van der Waals surface area contributed by atoms with Crippen LogP contribution in [0.5, 0.6) is 0 Å². The lowest BCUT2D eigenvalue weighted by atomic mass is 9.89. The Labute approximate surface area is 103 Å². The van der Waals surface area contributed by atoms with E-state index in [0.29, 0.717) is 0 Å². The highest BCUT2D eigenvalue weighted by Gasteiger charge is 2.50. The summed E-state index contributed by atoms with van der Waals surface area (Å²) in [5, 5.41) is 0. The zero-order chi connectivity index (χ0) is 11.1. The maximum atomic E-state index is 11.5. The van der Waals surface area contributed by atoms with E-state index in [4.69, 9.17) is 4.74 Å². The molecule has 1 aromatic carbocycles. The van der Waals surface area contributed by atoms with Crippen molar-refractivity contribution in [2.45, 2.75) is 23.4 Å². The van der Waals surface area contributed by atoms with Gasteiger partial charge in [-0.3, -0.25) is 4.79 Å². The minimum Gasteiger partial charge on any atom is -0.453 e. The van der Waals surface area contributed by atoms with Gasteiger partial charge in [0.1, 0.15) is 5.60 Å². The number of carbonyl (C=O) groups excluding carboxylic acids is 1. The molecule has 0 bridgehead atoms. The Morgan fingerprint density at radius 1 is 1.33 bits per heavy atom. The SMILES string of the molecule is C[C@H]1C(=O)O[C@](C)(c2ccccc2)[C@@H]1I. The molecule has 1 fully saturated rings. The summed E-state index contributed by atoms with van der Waals surface area (Å²) in [5.74, 6) is -0.128. The molecule has 1 aliphatic rings. The summed E-state index contributed by atoms with van der Waals surface area (Å²) >= 11 is 2.31. The molecule has 15 heavy (non-hydrogen) atoms. The molecule has 0 saturated carbocycles. The number of hydrogen-bond donors (Lipinski definition) is 0. The van der Waals surface area contributed by atoms with E-state index in [1.807, 2.05) is 44.2 Å². The van der Waals surface area contributed by atoms with Crippen molar-refractivity contribution in [2.75, 3.05) is 0 Å². The molecule has 0 radical (unpaired) electrons. The van der Waals surface area contributed by atoms with Gasteiger partial charge >= 0.3 is 5.97 Å². The van der Waals surface area contributed by atoms with E-state index in [0.717, 1.165) is 5.56 Å². The predicted molar refractivity (Wildman–Crippen MR) is 66.9 cm³/mol. The topological polar surface area (TPSA) is 26.3 Å². The monoisotopic (exact) mass is 316 g/mol. The van der Waals surface area contributed by atoms with Crippen molar-refractivity contribution in [2.24, 2.45) is 5.92 Å². The van der Waals surface area contributed by atoms with Crippen LogP contribution in [0.2, 0.25) is 0 Å². The van der Waals surface area contributed by atoms with E-state index in [9.17, 15) is 4.79 Å². The molecule has 0 amide bonds. The third-order valence-corrected chi connectivity index (χ3v) is 5.26. The number of halogens is 1. The molecular formula is C12H13IO2. The van der Waals surface area contributed by atoms with Crippen molar-refractivity contribution in [3.63, 3.8) is 0 Å². The third kappa shape index (κ3) is 1.67. The van der Waals surface area contributed by atoms with Crippen LogP contribution in [-0.2, 0) is 15.1 Å². The largest absolute Gasteiger partial charge is 0.453 e. The number of carbonyl (C=O) groups is 1. The lowest BCUT2D eigenvalue weighted by molar-refractivity contribution is -0.149. The van der Waals surface area contributed by atoms with Gasteiger partial charge in [-0.15, -0.1) is 0 Å². The van der Waals surface area contributed by atoms with Gasteiger partial charge < -0.3 is 4.74 Å². The smallest absolute Gasteiger partial charge is 0.310 e. The van der Waals surface area contributed by atoms with Gasteiger partial charge in [-0.05, 0) is 12.5 Å². The molecule has 80 valence electrons. The van der Waals surface area contributed by atoms with Crippen LogP contribution in [0, 0.1) is 5.92 Å².